The van der Waals surface area contributed by atoms with Gasteiger partial charge in [0.05, 0.1) is 6.54 Å². The predicted octanol–water partition coefficient (Wildman–Crippen LogP) is 1.43. The molecule has 0 radical (unpaired) electrons. The van der Waals surface area contributed by atoms with Gasteiger partial charge in [-0.2, -0.15) is 0 Å². The molecule has 16 heavy (non-hydrogen) atoms. The fourth-order valence-electron chi connectivity index (χ4n) is 1.55. The van der Waals surface area contributed by atoms with E-state index in [1.54, 1.807) is 7.11 Å². The molecular formula is C12H22N2O2. The standard InChI is InChI=1S/C12H22N2O2/c1-10-5-6-12(16-10)9-14-8-11(13)4-3-7-15-2/h5-6,11,14H,3-4,7-9,13H2,1-2H3. The maximum Gasteiger partial charge on any atom is 0.117 e. The lowest BCUT2D eigenvalue weighted by Gasteiger charge is -2.11. The van der Waals surface area contributed by atoms with Crippen LogP contribution in [0.4, 0.5) is 0 Å². The highest BCUT2D eigenvalue weighted by molar-refractivity contribution is 5.05. The van der Waals surface area contributed by atoms with Crippen molar-refractivity contribution in [2.45, 2.75) is 32.4 Å². The van der Waals surface area contributed by atoms with Crippen molar-refractivity contribution in [2.24, 2.45) is 5.73 Å². The minimum Gasteiger partial charge on any atom is -0.465 e. The first-order valence-corrected chi connectivity index (χ1v) is 5.73. The monoisotopic (exact) mass is 226 g/mol. The summed E-state index contributed by atoms with van der Waals surface area (Å²) in [6.45, 7) is 4.28. The molecular weight excluding hydrogens is 204 g/mol. The Labute approximate surface area is 97.1 Å². The Kier molecular flexibility index (Phi) is 6.15. The van der Waals surface area contributed by atoms with E-state index in [0.29, 0.717) is 0 Å². The topological polar surface area (TPSA) is 60.4 Å². The molecule has 1 unspecified atom stereocenters. The summed E-state index contributed by atoms with van der Waals surface area (Å²) in [6.07, 6.45) is 2.00. The van der Waals surface area contributed by atoms with Crippen LogP contribution in [0, 0.1) is 6.92 Å². The quantitative estimate of drug-likeness (QED) is 0.658. The predicted molar refractivity (Wildman–Crippen MR) is 64.2 cm³/mol. The Morgan fingerprint density at radius 1 is 1.50 bits per heavy atom. The van der Waals surface area contributed by atoms with Crippen molar-refractivity contribution < 1.29 is 9.15 Å². The maximum atomic E-state index is 5.94. The second-order valence-electron chi connectivity index (χ2n) is 4.04. The van der Waals surface area contributed by atoms with E-state index in [4.69, 9.17) is 14.9 Å². The van der Waals surface area contributed by atoms with Crippen molar-refractivity contribution in [1.29, 1.82) is 0 Å². The van der Waals surface area contributed by atoms with E-state index < -0.39 is 0 Å². The lowest BCUT2D eigenvalue weighted by molar-refractivity contribution is 0.190. The summed E-state index contributed by atoms with van der Waals surface area (Å²) in [5, 5.41) is 3.28. The van der Waals surface area contributed by atoms with Crippen molar-refractivity contribution in [3.63, 3.8) is 0 Å². The molecule has 0 saturated carbocycles. The first kappa shape index (κ1) is 13.2. The molecule has 3 N–H and O–H groups in total. The molecule has 92 valence electrons. The molecule has 4 nitrogen and oxygen atoms in total. The lowest BCUT2D eigenvalue weighted by Crippen LogP contribution is -2.33. The van der Waals surface area contributed by atoms with Gasteiger partial charge >= 0.3 is 0 Å². The van der Waals surface area contributed by atoms with Crippen LogP contribution >= 0.6 is 0 Å². The summed E-state index contributed by atoms with van der Waals surface area (Å²) in [4.78, 5) is 0. The van der Waals surface area contributed by atoms with Gasteiger partial charge in [-0.05, 0) is 31.9 Å². The van der Waals surface area contributed by atoms with Gasteiger partial charge in [0.15, 0.2) is 0 Å². The van der Waals surface area contributed by atoms with E-state index in [9.17, 15) is 0 Å². The van der Waals surface area contributed by atoms with Gasteiger partial charge in [0.25, 0.3) is 0 Å². The molecule has 0 aliphatic rings. The number of ether oxygens (including phenoxy) is 1. The van der Waals surface area contributed by atoms with Crippen LogP contribution in [-0.4, -0.2) is 26.3 Å². The third-order valence-corrected chi connectivity index (χ3v) is 2.43. The molecule has 1 aromatic heterocycles. The van der Waals surface area contributed by atoms with Crippen LogP contribution in [0.15, 0.2) is 16.5 Å². The fraction of sp³-hybridized carbons (Fsp3) is 0.667. The van der Waals surface area contributed by atoms with E-state index in [1.165, 1.54) is 0 Å². The van der Waals surface area contributed by atoms with Gasteiger partial charge < -0.3 is 20.2 Å². The minimum absolute atomic E-state index is 0.186. The number of aryl methyl sites for hydroxylation is 1. The Morgan fingerprint density at radius 3 is 2.94 bits per heavy atom. The molecule has 0 aromatic carbocycles. The Balaban J connectivity index is 2.06. The smallest absolute Gasteiger partial charge is 0.117 e. The number of hydrogen-bond donors (Lipinski definition) is 2. The molecule has 1 heterocycles. The fourth-order valence-corrected chi connectivity index (χ4v) is 1.55. The Morgan fingerprint density at radius 2 is 2.31 bits per heavy atom. The zero-order chi connectivity index (χ0) is 11.8. The summed E-state index contributed by atoms with van der Waals surface area (Å²) in [7, 11) is 1.71. The largest absolute Gasteiger partial charge is 0.465 e. The van der Waals surface area contributed by atoms with Crippen molar-refractivity contribution >= 4 is 0 Å². The highest BCUT2D eigenvalue weighted by Crippen LogP contribution is 2.05. The van der Waals surface area contributed by atoms with Gasteiger partial charge in [-0.1, -0.05) is 0 Å². The number of nitrogens with one attached hydrogen (secondary N) is 1. The van der Waals surface area contributed by atoms with Gasteiger partial charge in [0.1, 0.15) is 11.5 Å². The second-order valence-corrected chi connectivity index (χ2v) is 4.04. The molecule has 0 amide bonds. The Hall–Kier alpha value is -0.840. The molecule has 1 aromatic rings. The third kappa shape index (κ3) is 5.30. The first-order valence-electron chi connectivity index (χ1n) is 5.73. The van der Waals surface area contributed by atoms with Crippen LogP contribution in [0.5, 0.6) is 0 Å². The molecule has 0 fully saturated rings. The molecule has 1 rings (SSSR count). The molecule has 0 aliphatic carbocycles. The van der Waals surface area contributed by atoms with Gasteiger partial charge in [0, 0.05) is 26.3 Å². The summed E-state index contributed by atoms with van der Waals surface area (Å²) < 4.78 is 10.4. The summed E-state index contributed by atoms with van der Waals surface area (Å²) in [5.41, 5.74) is 5.94. The maximum absolute atomic E-state index is 5.94. The van der Waals surface area contributed by atoms with Gasteiger partial charge in [-0.25, -0.2) is 0 Å². The van der Waals surface area contributed by atoms with Crippen molar-refractivity contribution in [3.8, 4) is 0 Å². The van der Waals surface area contributed by atoms with Crippen molar-refractivity contribution in [2.75, 3.05) is 20.3 Å². The zero-order valence-corrected chi connectivity index (χ0v) is 10.2. The van der Waals surface area contributed by atoms with Gasteiger partial charge in [-0.15, -0.1) is 0 Å². The van der Waals surface area contributed by atoms with Crippen LogP contribution < -0.4 is 11.1 Å². The van der Waals surface area contributed by atoms with Crippen molar-refractivity contribution in [3.05, 3.63) is 23.7 Å². The van der Waals surface area contributed by atoms with Crippen molar-refractivity contribution in [1.82, 2.24) is 5.32 Å². The van der Waals surface area contributed by atoms with Crippen LogP contribution in [-0.2, 0) is 11.3 Å². The van der Waals surface area contributed by atoms with E-state index in [1.807, 2.05) is 19.1 Å². The van der Waals surface area contributed by atoms with E-state index >= 15 is 0 Å². The number of furan rings is 1. The number of nitrogens with two attached hydrogens (primary N) is 1. The average Bonchev–Trinajstić information content (AvgIpc) is 2.65. The Bertz CT molecular complexity index is 286. The highest BCUT2D eigenvalue weighted by atomic mass is 16.5. The summed E-state index contributed by atoms with van der Waals surface area (Å²) in [5.74, 6) is 1.91. The van der Waals surface area contributed by atoms with E-state index in [2.05, 4.69) is 5.32 Å². The van der Waals surface area contributed by atoms with Crippen LogP contribution in [0.2, 0.25) is 0 Å². The lowest BCUT2D eigenvalue weighted by atomic mass is 10.2. The minimum atomic E-state index is 0.186. The van der Waals surface area contributed by atoms with Gasteiger partial charge in [0.2, 0.25) is 0 Å². The van der Waals surface area contributed by atoms with Crippen LogP contribution in [0.25, 0.3) is 0 Å². The molecule has 0 spiro atoms. The van der Waals surface area contributed by atoms with Gasteiger partial charge in [-0.3, -0.25) is 0 Å². The number of methoxy groups -OCH3 is 1. The number of rotatable bonds is 8. The number of hydrogen-bond acceptors (Lipinski definition) is 4. The molecule has 4 heteroatoms. The third-order valence-electron chi connectivity index (χ3n) is 2.43. The van der Waals surface area contributed by atoms with Crippen LogP contribution in [0.3, 0.4) is 0 Å². The van der Waals surface area contributed by atoms with E-state index in [0.717, 1.165) is 44.1 Å². The summed E-state index contributed by atoms with van der Waals surface area (Å²) in [6, 6.07) is 4.14. The molecule has 0 aliphatic heterocycles. The zero-order valence-electron chi connectivity index (χ0n) is 10.2. The van der Waals surface area contributed by atoms with Crippen LogP contribution in [0.1, 0.15) is 24.4 Å². The average molecular weight is 226 g/mol. The first-order chi connectivity index (χ1) is 7.72. The van der Waals surface area contributed by atoms with E-state index in [-0.39, 0.29) is 6.04 Å². The second kappa shape index (κ2) is 7.44. The molecule has 0 saturated heterocycles. The molecule has 1 atom stereocenters. The SMILES string of the molecule is COCCCC(N)CNCc1ccc(C)o1. The summed E-state index contributed by atoms with van der Waals surface area (Å²) >= 11 is 0. The molecule has 0 bridgehead atoms. The highest BCUT2D eigenvalue weighted by Gasteiger charge is 2.03. The normalized spacial score (nSPS) is 12.9.